The van der Waals surface area contributed by atoms with E-state index in [0.29, 0.717) is 24.6 Å². The molecule has 2 fully saturated rings. The zero-order chi connectivity index (χ0) is 20.0. The fraction of sp³-hybridized carbons (Fsp3) is 0.857. The van der Waals surface area contributed by atoms with Crippen LogP contribution in [0, 0.1) is 18.8 Å². The molecule has 25 heavy (non-hydrogen) atoms. The molecular formula is C21H41NO3. The lowest BCUT2D eigenvalue weighted by atomic mass is 9.81. The van der Waals surface area contributed by atoms with Crippen LogP contribution in [0.3, 0.4) is 0 Å². The van der Waals surface area contributed by atoms with E-state index in [4.69, 9.17) is 4.74 Å². The van der Waals surface area contributed by atoms with Gasteiger partial charge in [-0.2, -0.15) is 0 Å². The second-order valence-corrected chi connectivity index (χ2v) is 6.48. The summed E-state index contributed by atoms with van der Waals surface area (Å²) < 4.78 is 5.37. The van der Waals surface area contributed by atoms with Crippen LogP contribution in [0.5, 0.6) is 0 Å². The lowest BCUT2D eigenvalue weighted by molar-refractivity contribution is -0.185. The second-order valence-electron chi connectivity index (χ2n) is 6.48. The van der Waals surface area contributed by atoms with Crippen molar-refractivity contribution in [3.05, 3.63) is 0 Å². The van der Waals surface area contributed by atoms with Crippen LogP contribution in [0.2, 0.25) is 0 Å². The third-order valence-corrected chi connectivity index (χ3v) is 4.42. The first-order chi connectivity index (χ1) is 11.9. The van der Waals surface area contributed by atoms with Crippen LogP contribution < -0.4 is 0 Å². The third-order valence-electron chi connectivity index (χ3n) is 4.42. The van der Waals surface area contributed by atoms with Crippen molar-refractivity contribution in [2.75, 3.05) is 6.61 Å². The number of rotatable bonds is 5. The van der Waals surface area contributed by atoms with E-state index in [9.17, 15) is 9.90 Å². The van der Waals surface area contributed by atoms with Crippen LogP contribution in [-0.4, -0.2) is 40.4 Å². The number of ether oxygens (including phenoxy) is 1. The molecule has 1 saturated carbocycles. The number of likely N-dealkylation sites (tertiary alicyclic amines) is 1. The van der Waals surface area contributed by atoms with Crippen molar-refractivity contribution >= 4 is 5.91 Å². The van der Waals surface area contributed by atoms with Gasteiger partial charge in [-0.05, 0) is 33.1 Å². The number of hydrogen-bond donors (Lipinski definition) is 1. The average molecular weight is 356 g/mol. The number of carbonyl (C=O) groups is 1. The Kier molecular flexibility index (Phi) is 14.8. The van der Waals surface area contributed by atoms with Crippen molar-refractivity contribution in [3.63, 3.8) is 0 Å². The molecule has 2 rings (SSSR count). The van der Waals surface area contributed by atoms with E-state index in [-0.39, 0.29) is 5.92 Å². The molecule has 2 atom stereocenters. The summed E-state index contributed by atoms with van der Waals surface area (Å²) in [5.74, 6) is -0.653. The number of amides is 1. The third kappa shape index (κ3) is 8.74. The minimum Gasteiger partial charge on any atom is -0.366 e. The molecule has 1 saturated heterocycles. The molecule has 0 aromatic heterocycles. The van der Waals surface area contributed by atoms with Gasteiger partial charge in [-0.1, -0.05) is 53.9 Å². The fourth-order valence-electron chi connectivity index (χ4n) is 3.35. The maximum absolute atomic E-state index is 12.1. The molecule has 0 aromatic rings. The van der Waals surface area contributed by atoms with Gasteiger partial charge in [-0.25, -0.2) is 0 Å². The quantitative estimate of drug-likeness (QED) is 0.445. The highest BCUT2D eigenvalue weighted by atomic mass is 16.6. The first-order valence-electron chi connectivity index (χ1n) is 9.92. The van der Waals surface area contributed by atoms with Crippen LogP contribution in [0.15, 0.2) is 0 Å². The van der Waals surface area contributed by atoms with Gasteiger partial charge in [0.05, 0.1) is 12.5 Å². The summed E-state index contributed by atoms with van der Waals surface area (Å²) in [6.45, 7) is 13.8. The van der Waals surface area contributed by atoms with Gasteiger partial charge in [0.25, 0.3) is 0 Å². The van der Waals surface area contributed by atoms with Gasteiger partial charge in [0.1, 0.15) is 0 Å². The van der Waals surface area contributed by atoms with E-state index in [2.05, 4.69) is 17.7 Å². The maximum Gasteiger partial charge on any atom is 0.228 e. The number of aliphatic hydroxyl groups is 1. The first-order valence-corrected chi connectivity index (χ1v) is 9.92. The van der Waals surface area contributed by atoms with Crippen molar-refractivity contribution in [2.45, 2.75) is 105 Å². The Balaban J connectivity index is 0. The van der Waals surface area contributed by atoms with E-state index < -0.39 is 5.79 Å². The first kappa shape index (κ1) is 26.2. The lowest BCUT2D eigenvalue weighted by Crippen LogP contribution is -2.64. The zero-order valence-corrected chi connectivity index (χ0v) is 17.5. The molecule has 2 aliphatic rings. The summed E-state index contributed by atoms with van der Waals surface area (Å²) in [5.41, 5.74) is 0. The summed E-state index contributed by atoms with van der Waals surface area (Å²) in [5, 5.41) is 9.55. The minimum atomic E-state index is -1.08. The highest BCUT2D eigenvalue weighted by molar-refractivity contribution is 5.86. The normalized spacial score (nSPS) is 23.0. The predicted molar refractivity (Wildman–Crippen MR) is 106 cm³/mol. The Labute approximate surface area is 156 Å². The van der Waals surface area contributed by atoms with Crippen LogP contribution in [0.25, 0.3) is 0 Å². The van der Waals surface area contributed by atoms with Crippen LogP contribution in [0.1, 0.15) is 87.0 Å². The van der Waals surface area contributed by atoms with E-state index in [1.807, 2.05) is 34.6 Å². The highest BCUT2D eigenvalue weighted by Crippen LogP contribution is 2.36. The molecule has 1 N–H and O–H groups in total. The molecule has 4 nitrogen and oxygen atoms in total. The topological polar surface area (TPSA) is 49.8 Å². The monoisotopic (exact) mass is 355 g/mol. The molecule has 1 aliphatic heterocycles. The lowest BCUT2D eigenvalue weighted by Gasteiger charge is -2.51. The smallest absolute Gasteiger partial charge is 0.228 e. The van der Waals surface area contributed by atoms with Gasteiger partial charge in [-0.3, -0.25) is 4.79 Å². The van der Waals surface area contributed by atoms with Gasteiger partial charge in [-0.15, -0.1) is 12.8 Å². The van der Waals surface area contributed by atoms with E-state index >= 15 is 0 Å². The molecule has 0 spiro atoms. The number of nitrogens with zero attached hydrogens (tertiary/aromatic N) is 1. The molecule has 0 aromatic carbocycles. The highest BCUT2D eigenvalue weighted by Gasteiger charge is 2.46. The van der Waals surface area contributed by atoms with Crippen molar-refractivity contribution in [1.29, 1.82) is 0 Å². The molecule has 1 heterocycles. The predicted octanol–water partition coefficient (Wildman–Crippen LogP) is 4.60. The molecular weight excluding hydrogens is 314 g/mol. The molecule has 4 heteroatoms. The molecule has 1 aliphatic carbocycles. The van der Waals surface area contributed by atoms with Gasteiger partial charge < -0.3 is 14.7 Å². The van der Waals surface area contributed by atoms with Crippen molar-refractivity contribution < 1.29 is 14.6 Å². The van der Waals surface area contributed by atoms with E-state index in [1.54, 1.807) is 13.8 Å². The fourth-order valence-corrected chi connectivity index (χ4v) is 3.35. The van der Waals surface area contributed by atoms with Gasteiger partial charge in [0.15, 0.2) is 5.79 Å². The summed E-state index contributed by atoms with van der Waals surface area (Å²) in [6.07, 6.45) is 14.9. The Bertz CT molecular complexity index is 354. The van der Waals surface area contributed by atoms with Crippen LogP contribution in [-0.2, 0) is 9.53 Å². The SMILES string of the molecule is C#C.CC.CC.CC1C(=O)N(C2CCCCC2)C1CCOC(C)(C)O. The standard InChI is InChI=1S/C15H27NO3.2C2H6.C2H2/c1-11-13(9-10-19-15(2,3)18)16(14(11)17)12-7-5-4-6-8-12;3*1-2/h11-13,18H,4-10H2,1-3H3;2*1-2H3;1-2H. The molecule has 2 unspecified atom stereocenters. The van der Waals surface area contributed by atoms with Gasteiger partial charge >= 0.3 is 0 Å². The van der Waals surface area contributed by atoms with Crippen molar-refractivity contribution in [1.82, 2.24) is 4.90 Å². The zero-order valence-electron chi connectivity index (χ0n) is 17.5. The number of carbonyl (C=O) groups excluding carboxylic acids is 1. The van der Waals surface area contributed by atoms with Gasteiger partial charge in [0.2, 0.25) is 5.91 Å². The van der Waals surface area contributed by atoms with Crippen LogP contribution >= 0.6 is 0 Å². The minimum absolute atomic E-state index is 0.118. The molecule has 1 amide bonds. The summed E-state index contributed by atoms with van der Waals surface area (Å²) in [7, 11) is 0. The second kappa shape index (κ2) is 14.2. The maximum atomic E-state index is 12.1. The Morgan fingerprint density at radius 2 is 1.60 bits per heavy atom. The summed E-state index contributed by atoms with van der Waals surface area (Å²) >= 11 is 0. The number of terminal acetylenes is 1. The summed E-state index contributed by atoms with van der Waals surface area (Å²) in [4.78, 5) is 14.2. The Morgan fingerprint density at radius 1 is 1.12 bits per heavy atom. The van der Waals surface area contributed by atoms with Crippen LogP contribution in [0.4, 0.5) is 0 Å². The average Bonchev–Trinajstić information content (AvgIpc) is 2.65. The molecule has 0 bridgehead atoms. The Morgan fingerprint density at radius 3 is 2.04 bits per heavy atom. The van der Waals surface area contributed by atoms with Crippen molar-refractivity contribution in [2.24, 2.45) is 5.92 Å². The number of β-lactam (4-membered cyclic amide) rings is 1. The summed E-state index contributed by atoms with van der Waals surface area (Å²) in [6, 6.07) is 0.752. The Hall–Kier alpha value is -1.05. The number of hydrogen-bond acceptors (Lipinski definition) is 3. The largest absolute Gasteiger partial charge is 0.366 e. The molecule has 148 valence electrons. The molecule has 0 radical (unpaired) electrons. The van der Waals surface area contributed by atoms with Crippen molar-refractivity contribution in [3.8, 4) is 12.8 Å². The van der Waals surface area contributed by atoms with E-state index in [0.717, 1.165) is 19.3 Å². The van der Waals surface area contributed by atoms with Gasteiger partial charge in [0, 0.05) is 12.1 Å². The van der Waals surface area contributed by atoms with E-state index in [1.165, 1.54) is 19.3 Å².